The van der Waals surface area contributed by atoms with E-state index in [9.17, 15) is 14.0 Å². The van der Waals surface area contributed by atoms with E-state index in [1.54, 1.807) is 19.1 Å². The van der Waals surface area contributed by atoms with Gasteiger partial charge in [0.05, 0.1) is 12.5 Å². The molecule has 1 aromatic rings. The Labute approximate surface area is 145 Å². The molecular formula is C17H21FN2O3S. The molecule has 0 aromatic heterocycles. The van der Waals surface area contributed by atoms with E-state index in [0.29, 0.717) is 5.75 Å². The van der Waals surface area contributed by atoms with Crippen molar-refractivity contribution in [1.29, 1.82) is 5.26 Å². The Balaban J connectivity index is 2.29. The maximum absolute atomic E-state index is 12.8. The van der Waals surface area contributed by atoms with Crippen LogP contribution in [0.5, 0.6) is 0 Å². The summed E-state index contributed by atoms with van der Waals surface area (Å²) in [5, 5.41) is 11.7. The van der Waals surface area contributed by atoms with Crippen molar-refractivity contribution >= 4 is 23.6 Å². The average molecular weight is 352 g/mol. The van der Waals surface area contributed by atoms with Gasteiger partial charge in [-0.15, -0.1) is 11.8 Å². The van der Waals surface area contributed by atoms with E-state index in [2.05, 4.69) is 11.4 Å². The van der Waals surface area contributed by atoms with Crippen LogP contribution in [0.4, 0.5) is 4.39 Å². The Bertz CT molecular complexity index is 613. The third-order valence-electron chi connectivity index (χ3n) is 3.54. The third-order valence-corrected chi connectivity index (χ3v) is 4.55. The molecule has 1 amide bonds. The summed E-state index contributed by atoms with van der Waals surface area (Å²) in [7, 11) is 0. The van der Waals surface area contributed by atoms with Gasteiger partial charge in [0, 0.05) is 10.6 Å². The summed E-state index contributed by atoms with van der Waals surface area (Å²) in [6, 6.07) is 8.02. The Morgan fingerprint density at radius 3 is 2.54 bits per heavy atom. The highest BCUT2D eigenvalue weighted by molar-refractivity contribution is 7.99. The van der Waals surface area contributed by atoms with Crippen LogP contribution >= 0.6 is 11.8 Å². The van der Waals surface area contributed by atoms with Gasteiger partial charge >= 0.3 is 5.97 Å². The number of benzene rings is 1. The number of ether oxygens (including phenoxy) is 1. The Morgan fingerprint density at radius 2 is 2.00 bits per heavy atom. The zero-order chi connectivity index (χ0) is 18.2. The highest BCUT2D eigenvalue weighted by Crippen LogP contribution is 2.19. The zero-order valence-corrected chi connectivity index (χ0v) is 14.8. The molecule has 0 aliphatic heterocycles. The molecule has 0 saturated heterocycles. The van der Waals surface area contributed by atoms with Gasteiger partial charge in [0.15, 0.2) is 6.61 Å². The average Bonchev–Trinajstić information content (AvgIpc) is 2.54. The van der Waals surface area contributed by atoms with Gasteiger partial charge < -0.3 is 10.1 Å². The molecule has 7 heteroatoms. The Morgan fingerprint density at radius 1 is 1.38 bits per heavy atom. The number of halogens is 1. The van der Waals surface area contributed by atoms with Crippen LogP contribution < -0.4 is 5.32 Å². The fraction of sp³-hybridized carbons (Fsp3) is 0.471. The molecule has 0 aliphatic carbocycles. The third kappa shape index (κ3) is 6.59. The predicted octanol–water partition coefficient (Wildman–Crippen LogP) is 2.91. The van der Waals surface area contributed by atoms with Gasteiger partial charge in [-0.1, -0.05) is 13.8 Å². The molecule has 0 heterocycles. The minimum atomic E-state index is -0.998. The van der Waals surface area contributed by atoms with Crippen molar-refractivity contribution in [2.45, 2.75) is 37.6 Å². The molecule has 130 valence electrons. The van der Waals surface area contributed by atoms with Gasteiger partial charge in [-0.3, -0.25) is 9.59 Å². The number of carbonyl (C=O) groups is 2. The van der Waals surface area contributed by atoms with E-state index in [1.807, 2.05) is 13.8 Å². The summed E-state index contributed by atoms with van der Waals surface area (Å²) >= 11 is 1.40. The number of carbonyl (C=O) groups excluding carboxylic acids is 2. The number of nitrogens with one attached hydrogen (secondary N) is 1. The van der Waals surface area contributed by atoms with E-state index in [4.69, 9.17) is 10.00 Å². The number of nitriles is 1. The zero-order valence-electron chi connectivity index (χ0n) is 14.0. The van der Waals surface area contributed by atoms with Crippen molar-refractivity contribution in [1.82, 2.24) is 5.32 Å². The highest BCUT2D eigenvalue weighted by atomic mass is 32.2. The lowest BCUT2D eigenvalue weighted by Gasteiger charge is -2.27. The van der Waals surface area contributed by atoms with E-state index >= 15 is 0 Å². The molecule has 0 spiro atoms. The smallest absolute Gasteiger partial charge is 0.307 e. The van der Waals surface area contributed by atoms with Crippen LogP contribution in [0.15, 0.2) is 29.2 Å². The maximum atomic E-state index is 12.8. The van der Waals surface area contributed by atoms with Gasteiger partial charge in [0.25, 0.3) is 5.91 Å². The summed E-state index contributed by atoms with van der Waals surface area (Å²) in [6.07, 6.45) is 0.134. The molecule has 1 aromatic carbocycles. The first-order valence-corrected chi connectivity index (χ1v) is 8.51. The van der Waals surface area contributed by atoms with Crippen LogP contribution in [0.1, 0.15) is 27.2 Å². The van der Waals surface area contributed by atoms with Gasteiger partial charge in [0.1, 0.15) is 11.4 Å². The number of thioether (sulfide) groups is 1. The Kier molecular flexibility index (Phi) is 7.72. The number of hydrogen-bond donors (Lipinski definition) is 1. The highest BCUT2D eigenvalue weighted by Gasteiger charge is 2.30. The largest absolute Gasteiger partial charge is 0.456 e. The molecule has 1 N–H and O–H groups in total. The summed E-state index contributed by atoms with van der Waals surface area (Å²) < 4.78 is 17.7. The van der Waals surface area contributed by atoms with Crippen molar-refractivity contribution in [2.75, 3.05) is 12.4 Å². The molecule has 0 fully saturated rings. The summed E-state index contributed by atoms with van der Waals surface area (Å²) in [5.74, 6) is -0.923. The van der Waals surface area contributed by atoms with Crippen LogP contribution in [0.3, 0.4) is 0 Å². The van der Waals surface area contributed by atoms with Crippen LogP contribution in [0.25, 0.3) is 0 Å². The van der Waals surface area contributed by atoms with Crippen LogP contribution in [0, 0.1) is 23.1 Å². The van der Waals surface area contributed by atoms with E-state index in [-0.39, 0.29) is 18.2 Å². The second-order valence-electron chi connectivity index (χ2n) is 5.73. The van der Waals surface area contributed by atoms with Crippen molar-refractivity contribution in [3.63, 3.8) is 0 Å². The monoisotopic (exact) mass is 352 g/mol. The number of amides is 1. The molecular weight excluding hydrogens is 331 g/mol. The number of hydrogen-bond acceptors (Lipinski definition) is 5. The van der Waals surface area contributed by atoms with Gasteiger partial charge in [-0.2, -0.15) is 5.26 Å². The van der Waals surface area contributed by atoms with E-state index in [1.165, 1.54) is 23.9 Å². The topological polar surface area (TPSA) is 79.2 Å². The maximum Gasteiger partial charge on any atom is 0.307 e. The lowest BCUT2D eigenvalue weighted by Crippen LogP contribution is -2.50. The molecule has 0 aliphatic rings. The number of nitrogens with zero attached hydrogens (tertiary/aromatic N) is 1. The predicted molar refractivity (Wildman–Crippen MR) is 89.7 cm³/mol. The Hall–Kier alpha value is -2.07. The minimum absolute atomic E-state index is 0.0748. The second kappa shape index (κ2) is 9.28. The standard InChI is InChI=1S/C17H21FN2O3S/c1-12(2)17(3,11-19)20-15(21)10-23-16(22)8-9-24-14-6-4-13(18)5-7-14/h4-7,12H,8-10H2,1-3H3,(H,20,21)/t17-/m0/s1. The normalized spacial score (nSPS) is 13.0. The van der Waals surface area contributed by atoms with Gasteiger partial charge in [-0.05, 0) is 37.1 Å². The molecule has 0 saturated carbocycles. The summed E-state index contributed by atoms with van der Waals surface area (Å²) in [6.45, 7) is 4.85. The first-order valence-electron chi connectivity index (χ1n) is 7.53. The first-order chi connectivity index (χ1) is 11.3. The molecule has 5 nitrogen and oxygen atoms in total. The van der Waals surface area contributed by atoms with Gasteiger partial charge in [0.2, 0.25) is 0 Å². The van der Waals surface area contributed by atoms with Crippen molar-refractivity contribution in [2.24, 2.45) is 5.92 Å². The summed E-state index contributed by atoms with van der Waals surface area (Å²) in [5.41, 5.74) is -0.998. The second-order valence-corrected chi connectivity index (χ2v) is 6.90. The van der Waals surface area contributed by atoms with Gasteiger partial charge in [-0.25, -0.2) is 4.39 Å². The molecule has 24 heavy (non-hydrogen) atoms. The minimum Gasteiger partial charge on any atom is -0.456 e. The van der Waals surface area contributed by atoms with Crippen molar-refractivity contribution < 1.29 is 18.7 Å². The SMILES string of the molecule is CC(C)[C@](C)(C#N)NC(=O)COC(=O)CCSc1ccc(F)cc1. The quantitative estimate of drug-likeness (QED) is 0.575. The lowest BCUT2D eigenvalue weighted by atomic mass is 9.90. The van der Waals surface area contributed by atoms with Crippen LogP contribution in [0.2, 0.25) is 0 Å². The number of esters is 1. The molecule has 0 unspecified atom stereocenters. The van der Waals surface area contributed by atoms with E-state index < -0.39 is 24.0 Å². The number of rotatable bonds is 8. The fourth-order valence-electron chi connectivity index (χ4n) is 1.63. The first kappa shape index (κ1) is 20.0. The lowest BCUT2D eigenvalue weighted by molar-refractivity contribution is -0.148. The van der Waals surface area contributed by atoms with Crippen molar-refractivity contribution in [3.05, 3.63) is 30.1 Å². The van der Waals surface area contributed by atoms with Crippen LogP contribution in [-0.4, -0.2) is 29.8 Å². The fourth-order valence-corrected chi connectivity index (χ4v) is 2.46. The molecule has 1 rings (SSSR count). The molecule has 0 radical (unpaired) electrons. The summed E-state index contributed by atoms with van der Waals surface area (Å²) in [4.78, 5) is 24.2. The molecule has 0 bridgehead atoms. The van der Waals surface area contributed by atoms with Crippen molar-refractivity contribution in [3.8, 4) is 6.07 Å². The van der Waals surface area contributed by atoms with Crippen LogP contribution in [-0.2, 0) is 14.3 Å². The van der Waals surface area contributed by atoms with E-state index in [0.717, 1.165) is 4.90 Å². The molecule has 1 atom stereocenters.